The molecule has 0 aromatic carbocycles. The van der Waals surface area contributed by atoms with E-state index in [1.807, 2.05) is 0 Å². The molecular formula is C42H66N2O4. The van der Waals surface area contributed by atoms with Crippen molar-refractivity contribution in [1.29, 1.82) is 0 Å². The van der Waals surface area contributed by atoms with E-state index in [0.717, 1.165) is 77.8 Å². The first-order valence-electron chi connectivity index (χ1n) is 19.8. The number of hydrogen-bond acceptors (Lipinski definition) is 5. The predicted octanol–water partition coefficient (Wildman–Crippen LogP) is 7.97. The lowest BCUT2D eigenvalue weighted by molar-refractivity contribution is -0.248. The van der Waals surface area contributed by atoms with Crippen LogP contribution in [0.15, 0.2) is 24.3 Å². The zero-order valence-corrected chi connectivity index (χ0v) is 31.4. The topological polar surface area (TPSA) is 67.9 Å². The fourth-order valence-corrected chi connectivity index (χ4v) is 14.4. The second-order valence-electron chi connectivity index (χ2n) is 19.2. The number of carbonyl (C=O) groups is 2. The molecular weight excluding hydrogens is 596 g/mol. The lowest BCUT2D eigenvalue weighted by Gasteiger charge is -2.72. The molecule has 0 bridgehead atoms. The van der Waals surface area contributed by atoms with E-state index in [1.165, 1.54) is 31.3 Å². The first-order valence-corrected chi connectivity index (χ1v) is 19.8. The highest BCUT2D eigenvalue weighted by Gasteiger charge is 2.72. The maximum atomic E-state index is 14.7. The molecule has 1 aliphatic heterocycles. The van der Waals surface area contributed by atoms with Crippen LogP contribution in [0.3, 0.4) is 0 Å². The Morgan fingerprint density at radius 2 is 1.62 bits per heavy atom. The van der Waals surface area contributed by atoms with Crippen LogP contribution in [0.5, 0.6) is 0 Å². The molecule has 0 spiro atoms. The van der Waals surface area contributed by atoms with Crippen LogP contribution in [-0.4, -0.2) is 61.8 Å². The van der Waals surface area contributed by atoms with Gasteiger partial charge < -0.3 is 14.8 Å². The van der Waals surface area contributed by atoms with Crippen LogP contribution in [0.2, 0.25) is 0 Å². The van der Waals surface area contributed by atoms with Gasteiger partial charge in [-0.1, -0.05) is 58.9 Å². The van der Waals surface area contributed by atoms with Crippen LogP contribution in [0.1, 0.15) is 119 Å². The Hall–Kier alpha value is -1.66. The maximum absolute atomic E-state index is 14.7. The lowest BCUT2D eigenvalue weighted by atomic mass is 9.32. The summed E-state index contributed by atoms with van der Waals surface area (Å²) in [6.45, 7) is 25.8. The summed E-state index contributed by atoms with van der Waals surface area (Å²) in [4.78, 5) is 29.3. The number of morpholine rings is 1. The number of allylic oxidation sites excluding steroid dienone is 1. The molecule has 7 aliphatic rings. The van der Waals surface area contributed by atoms with E-state index >= 15 is 0 Å². The zero-order chi connectivity index (χ0) is 34.3. The summed E-state index contributed by atoms with van der Waals surface area (Å²) < 4.78 is 11.5. The van der Waals surface area contributed by atoms with Crippen LogP contribution >= 0.6 is 0 Å². The third-order valence-corrected chi connectivity index (χ3v) is 16.9. The van der Waals surface area contributed by atoms with Gasteiger partial charge in [0.25, 0.3) is 0 Å². The first-order chi connectivity index (χ1) is 22.7. The SMILES string of the molecule is C=C(C)[C@@H]1CC[C@]2(C(=O)N[C@@H]3C=C[C@H](CN4CCOCC4)C3)CC[C@]3(C)[C@H](CC[C@@H]4[C@@]5(C)CC[C@H](OC(C)=O)C(C)(C)[C@@H]5CC[C@]43C)[C@@H]12. The van der Waals surface area contributed by atoms with Crippen molar-refractivity contribution in [3.63, 3.8) is 0 Å². The van der Waals surface area contributed by atoms with E-state index in [0.29, 0.717) is 41.4 Å². The molecule has 6 nitrogen and oxygen atoms in total. The number of ether oxygens (including phenoxy) is 2. The molecule has 1 N–H and O–H groups in total. The maximum Gasteiger partial charge on any atom is 0.302 e. The number of hydrogen-bond donors (Lipinski definition) is 1. The average molecular weight is 663 g/mol. The largest absolute Gasteiger partial charge is 0.462 e. The van der Waals surface area contributed by atoms with Crippen molar-refractivity contribution < 1.29 is 19.1 Å². The highest BCUT2D eigenvalue weighted by atomic mass is 16.5. The Morgan fingerprint density at radius 3 is 2.33 bits per heavy atom. The summed E-state index contributed by atoms with van der Waals surface area (Å²) in [7, 11) is 0. The normalized spacial score (nSPS) is 48.1. The molecule has 12 atom stereocenters. The Bertz CT molecular complexity index is 1320. The van der Waals surface area contributed by atoms with E-state index in [2.05, 4.69) is 70.5 Å². The van der Waals surface area contributed by atoms with Crippen molar-refractivity contribution in [2.45, 2.75) is 131 Å². The quantitative estimate of drug-likeness (QED) is 0.231. The van der Waals surface area contributed by atoms with Crippen LogP contribution in [-0.2, 0) is 19.1 Å². The van der Waals surface area contributed by atoms with Gasteiger partial charge in [-0.3, -0.25) is 14.5 Å². The summed E-state index contributed by atoms with van der Waals surface area (Å²) in [5.41, 5.74) is 1.66. The van der Waals surface area contributed by atoms with Crippen LogP contribution in [0.25, 0.3) is 0 Å². The first kappa shape index (κ1) is 34.8. The standard InChI is InChI=1S/C42H66N2O4/c1-27(2)31-13-18-42(37(46)43-30-10-9-29(25-30)26-44-21-23-47-24-22-44)20-19-40(7)32(36(31)42)11-12-34-39(6)16-15-35(48-28(3)45)38(4,5)33(39)14-17-41(34,40)8/h9-10,29-36H,1,11-26H2,2-8H3,(H,43,46)/t29-,30+,31-,32+,33-,34+,35-,36+,39-,40+,41+,42-/m0/s1. The van der Waals surface area contributed by atoms with E-state index in [9.17, 15) is 9.59 Å². The fourth-order valence-electron chi connectivity index (χ4n) is 14.4. The molecule has 6 heteroatoms. The van der Waals surface area contributed by atoms with Crippen molar-refractivity contribution in [3.8, 4) is 0 Å². The second-order valence-corrected chi connectivity index (χ2v) is 19.2. The van der Waals surface area contributed by atoms with Crippen molar-refractivity contribution in [1.82, 2.24) is 10.2 Å². The van der Waals surface area contributed by atoms with Crippen molar-refractivity contribution in [2.75, 3.05) is 32.8 Å². The van der Waals surface area contributed by atoms with Gasteiger partial charge in [-0.2, -0.15) is 0 Å². The van der Waals surface area contributed by atoms with Gasteiger partial charge in [0.1, 0.15) is 6.10 Å². The molecule has 6 fully saturated rings. The Balaban J connectivity index is 1.12. The Labute approximate surface area is 291 Å². The molecule has 5 saturated carbocycles. The Kier molecular flexibility index (Phi) is 8.87. The fraction of sp³-hybridized carbons (Fsp3) is 0.857. The summed E-state index contributed by atoms with van der Waals surface area (Å²) in [6.07, 6.45) is 17.0. The molecule has 1 heterocycles. The van der Waals surface area contributed by atoms with Gasteiger partial charge in [0.15, 0.2) is 0 Å². The van der Waals surface area contributed by atoms with Gasteiger partial charge in [-0.15, -0.1) is 0 Å². The van der Waals surface area contributed by atoms with Crippen LogP contribution in [0, 0.1) is 62.6 Å². The third-order valence-electron chi connectivity index (χ3n) is 16.9. The lowest BCUT2D eigenvalue weighted by Crippen LogP contribution is -2.67. The number of amides is 1. The van der Waals surface area contributed by atoms with Crippen molar-refractivity contribution in [3.05, 3.63) is 24.3 Å². The van der Waals surface area contributed by atoms with E-state index in [-0.39, 0.29) is 45.2 Å². The smallest absolute Gasteiger partial charge is 0.302 e. The predicted molar refractivity (Wildman–Crippen MR) is 191 cm³/mol. The van der Waals surface area contributed by atoms with E-state index in [1.54, 1.807) is 6.92 Å². The zero-order valence-electron chi connectivity index (χ0n) is 31.4. The number of nitrogens with one attached hydrogen (secondary N) is 1. The minimum absolute atomic E-state index is 0.0114. The van der Waals surface area contributed by atoms with E-state index in [4.69, 9.17) is 9.47 Å². The summed E-state index contributed by atoms with van der Waals surface area (Å²) in [5, 5.41) is 3.65. The molecule has 0 radical (unpaired) electrons. The molecule has 48 heavy (non-hydrogen) atoms. The molecule has 6 aliphatic carbocycles. The van der Waals surface area contributed by atoms with Gasteiger partial charge in [-0.25, -0.2) is 0 Å². The highest BCUT2D eigenvalue weighted by molar-refractivity contribution is 5.84. The minimum Gasteiger partial charge on any atom is -0.462 e. The molecule has 0 aromatic heterocycles. The second kappa shape index (κ2) is 12.2. The van der Waals surface area contributed by atoms with Crippen molar-refractivity contribution in [2.24, 2.45) is 62.6 Å². The number of fused-ring (bicyclic) bond motifs is 7. The van der Waals surface area contributed by atoms with Gasteiger partial charge in [-0.05, 0) is 129 Å². The van der Waals surface area contributed by atoms with Gasteiger partial charge in [0.2, 0.25) is 5.91 Å². The third kappa shape index (κ3) is 5.22. The highest BCUT2D eigenvalue weighted by Crippen LogP contribution is 2.77. The molecule has 7 rings (SSSR count). The van der Waals surface area contributed by atoms with Crippen LogP contribution in [0.4, 0.5) is 0 Å². The monoisotopic (exact) mass is 663 g/mol. The molecule has 268 valence electrons. The molecule has 1 saturated heterocycles. The van der Waals surface area contributed by atoms with Gasteiger partial charge >= 0.3 is 5.97 Å². The van der Waals surface area contributed by atoms with Gasteiger partial charge in [0, 0.05) is 38.0 Å². The van der Waals surface area contributed by atoms with E-state index < -0.39 is 0 Å². The van der Waals surface area contributed by atoms with Gasteiger partial charge in [0.05, 0.1) is 18.6 Å². The number of esters is 1. The van der Waals surface area contributed by atoms with Crippen LogP contribution < -0.4 is 5.32 Å². The van der Waals surface area contributed by atoms with Crippen molar-refractivity contribution >= 4 is 11.9 Å². The summed E-state index contributed by atoms with van der Waals surface area (Å²) in [6, 6.07) is 0.143. The average Bonchev–Trinajstić information content (AvgIpc) is 3.64. The minimum atomic E-state index is -0.279. The summed E-state index contributed by atoms with van der Waals surface area (Å²) in [5.74, 6) is 3.26. The summed E-state index contributed by atoms with van der Waals surface area (Å²) >= 11 is 0. The molecule has 0 unspecified atom stereocenters. The number of nitrogens with zero attached hydrogens (tertiary/aromatic N) is 1. The Morgan fingerprint density at radius 1 is 0.875 bits per heavy atom. The molecule has 0 aromatic rings. The molecule has 1 amide bonds. The number of carbonyl (C=O) groups excluding carboxylic acids is 2. The number of rotatable bonds is 6.